The van der Waals surface area contributed by atoms with Gasteiger partial charge < -0.3 is 0 Å². The average Bonchev–Trinajstić information content (AvgIpc) is 2.95. The van der Waals surface area contributed by atoms with E-state index in [1.807, 2.05) is 0 Å². The van der Waals surface area contributed by atoms with E-state index < -0.39 is 16.7 Å². The third-order valence-corrected chi connectivity index (χ3v) is 3.68. The predicted octanol–water partition coefficient (Wildman–Crippen LogP) is 2.38. The summed E-state index contributed by atoms with van der Waals surface area (Å²) in [4.78, 5) is 33.5. The number of halogens is 1. The highest BCUT2D eigenvalue weighted by Gasteiger charge is 2.15. The van der Waals surface area contributed by atoms with Crippen LogP contribution in [0.15, 0.2) is 36.4 Å². The SMILES string of the molecule is O=C(NNC(=O)c1ccc([N+](=O)[O-])s1)c1ccc(Cl)cc1. The molecule has 1 aromatic heterocycles. The van der Waals surface area contributed by atoms with Crippen molar-refractivity contribution in [1.82, 2.24) is 10.9 Å². The second-order valence-electron chi connectivity index (χ2n) is 3.81. The van der Waals surface area contributed by atoms with Crippen molar-refractivity contribution in [1.29, 1.82) is 0 Å². The maximum absolute atomic E-state index is 11.7. The van der Waals surface area contributed by atoms with Crippen LogP contribution in [0, 0.1) is 10.1 Å². The monoisotopic (exact) mass is 325 g/mol. The first-order valence-corrected chi connectivity index (χ1v) is 6.77. The number of rotatable bonds is 3. The van der Waals surface area contributed by atoms with Crippen molar-refractivity contribution < 1.29 is 14.5 Å². The molecule has 0 saturated carbocycles. The van der Waals surface area contributed by atoms with E-state index in [1.165, 1.54) is 24.3 Å². The Balaban J connectivity index is 1.95. The van der Waals surface area contributed by atoms with E-state index in [1.54, 1.807) is 12.1 Å². The van der Waals surface area contributed by atoms with Gasteiger partial charge in [-0.1, -0.05) is 22.9 Å². The third-order valence-electron chi connectivity index (χ3n) is 2.39. The van der Waals surface area contributed by atoms with Crippen molar-refractivity contribution in [3.63, 3.8) is 0 Å². The summed E-state index contributed by atoms with van der Waals surface area (Å²) >= 11 is 6.42. The number of hydrogen-bond acceptors (Lipinski definition) is 5. The number of carbonyl (C=O) groups is 2. The lowest BCUT2D eigenvalue weighted by Gasteiger charge is -2.06. The van der Waals surface area contributed by atoms with E-state index in [-0.39, 0.29) is 9.88 Å². The summed E-state index contributed by atoms with van der Waals surface area (Å²) in [6.45, 7) is 0. The van der Waals surface area contributed by atoms with Crippen molar-refractivity contribution in [2.45, 2.75) is 0 Å². The fourth-order valence-electron chi connectivity index (χ4n) is 1.40. The fraction of sp³-hybridized carbons (Fsp3) is 0. The van der Waals surface area contributed by atoms with Gasteiger partial charge in [-0.2, -0.15) is 0 Å². The van der Waals surface area contributed by atoms with Gasteiger partial charge in [0.25, 0.3) is 11.8 Å². The molecule has 0 saturated heterocycles. The maximum Gasteiger partial charge on any atom is 0.324 e. The summed E-state index contributed by atoms with van der Waals surface area (Å²) in [6.07, 6.45) is 0. The van der Waals surface area contributed by atoms with Gasteiger partial charge in [-0.05, 0) is 30.3 Å². The Morgan fingerprint density at radius 2 is 1.67 bits per heavy atom. The van der Waals surface area contributed by atoms with E-state index in [0.717, 1.165) is 11.3 Å². The minimum Gasteiger partial charge on any atom is -0.267 e. The molecule has 0 unspecified atom stereocenters. The van der Waals surface area contributed by atoms with E-state index in [9.17, 15) is 19.7 Å². The van der Waals surface area contributed by atoms with Crippen molar-refractivity contribution >= 4 is 39.8 Å². The lowest BCUT2D eigenvalue weighted by Crippen LogP contribution is -2.41. The fourth-order valence-corrected chi connectivity index (χ4v) is 2.24. The molecule has 1 aromatic carbocycles. The average molecular weight is 326 g/mol. The number of nitrogens with zero attached hydrogens (tertiary/aromatic N) is 1. The van der Waals surface area contributed by atoms with Gasteiger partial charge in [-0.3, -0.25) is 30.6 Å². The first kappa shape index (κ1) is 14.9. The van der Waals surface area contributed by atoms with Gasteiger partial charge in [0, 0.05) is 16.7 Å². The molecule has 9 heteroatoms. The molecule has 0 bridgehead atoms. The summed E-state index contributed by atoms with van der Waals surface area (Å²) in [6, 6.07) is 8.62. The van der Waals surface area contributed by atoms with Crippen LogP contribution >= 0.6 is 22.9 Å². The molecular weight excluding hydrogens is 318 g/mol. The molecule has 0 fully saturated rings. The second-order valence-corrected chi connectivity index (χ2v) is 5.31. The molecule has 0 aliphatic carbocycles. The van der Waals surface area contributed by atoms with Gasteiger partial charge in [-0.25, -0.2) is 0 Å². The zero-order chi connectivity index (χ0) is 15.4. The molecule has 2 aromatic rings. The van der Waals surface area contributed by atoms with Crippen LogP contribution in [0.1, 0.15) is 20.0 Å². The number of carbonyl (C=O) groups excluding carboxylic acids is 2. The van der Waals surface area contributed by atoms with Gasteiger partial charge in [-0.15, -0.1) is 0 Å². The zero-order valence-electron chi connectivity index (χ0n) is 10.3. The maximum atomic E-state index is 11.7. The smallest absolute Gasteiger partial charge is 0.267 e. The van der Waals surface area contributed by atoms with E-state index in [4.69, 9.17) is 11.6 Å². The summed E-state index contributed by atoms with van der Waals surface area (Å²) in [7, 11) is 0. The Kier molecular flexibility index (Phi) is 4.51. The summed E-state index contributed by atoms with van der Waals surface area (Å²) in [5.74, 6) is -1.15. The summed E-state index contributed by atoms with van der Waals surface area (Å²) < 4.78 is 0. The lowest BCUT2D eigenvalue weighted by molar-refractivity contribution is -0.380. The Morgan fingerprint density at radius 1 is 1.05 bits per heavy atom. The molecule has 21 heavy (non-hydrogen) atoms. The van der Waals surface area contributed by atoms with E-state index in [2.05, 4.69) is 10.9 Å². The molecule has 0 radical (unpaired) electrons. The Labute approximate surface area is 127 Å². The minimum absolute atomic E-state index is 0.123. The van der Waals surface area contributed by atoms with Crippen molar-refractivity contribution in [3.05, 3.63) is 62.0 Å². The second kappa shape index (κ2) is 6.33. The van der Waals surface area contributed by atoms with E-state index in [0.29, 0.717) is 10.6 Å². The lowest BCUT2D eigenvalue weighted by atomic mass is 10.2. The molecule has 7 nitrogen and oxygen atoms in total. The number of amides is 2. The molecule has 0 aliphatic rings. The van der Waals surface area contributed by atoms with Crippen LogP contribution in [-0.2, 0) is 0 Å². The number of thiophene rings is 1. The highest BCUT2D eigenvalue weighted by atomic mass is 35.5. The number of hydrogen-bond donors (Lipinski definition) is 2. The molecule has 2 rings (SSSR count). The van der Waals surface area contributed by atoms with Crippen LogP contribution in [0.2, 0.25) is 5.02 Å². The molecule has 0 aliphatic heterocycles. The van der Waals surface area contributed by atoms with Crippen LogP contribution in [0.4, 0.5) is 5.00 Å². The zero-order valence-corrected chi connectivity index (χ0v) is 11.9. The largest absolute Gasteiger partial charge is 0.324 e. The predicted molar refractivity (Wildman–Crippen MR) is 77.4 cm³/mol. The highest BCUT2D eigenvalue weighted by Crippen LogP contribution is 2.23. The minimum atomic E-state index is -0.629. The van der Waals surface area contributed by atoms with Gasteiger partial charge in [0.05, 0.1) is 4.92 Å². The molecule has 0 spiro atoms. The first-order chi connectivity index (χ1) is 9.97. The van der Waals surface area contributed by atoms with Gasteiger partial charge in [0.15, 0.2) is 0 Å². The van der Waals surface area contributed by atoms with Crippen molar-refractivity contribution in [2.75, 3.05) is 0 Å². The number of nitro groups is 1. The van der Waals surface area contributed by atoms with E-state index >= 15 is 0 Å². The molecule has 1 heterocycles. The van der Waals surface area contributed by atoms with Crippen LogP contribution in [0.3, 0.4) is 0 Å². The normalized spacial score (nSPS) is 9.95. The van der Waals surface area contributed by atoms with Crippen LogP contribution in [0.5, 0.6) is 0 Å². The topological polar surface area (TPSA) is 101 Å². The quantitative estimate of drug-likeness (QED) is 0.668. The molecule has 0 atom stereocenters. The summed E-state index contributed by atoms with van der Waals surface area (Å²) in [5.41, 5.74) is 4.71. The number of hydrazine groups is 1. The number of nitrogens with one attached hydrogen (secondary N) is 2. The molecular formula is C12H8ClN3O4S. The third kappa shape index (κ3) is 3.77. The van der Waals surface area contributed by atoms with Gasteiger partial charge in [0.1, 0.15) is 4.88 Å². The molecule has 2 N–H and O–H groups in total. The molecule has 108 valence electrons. The van der Waals surface area contributed by atoms with Crippen molar-refractivity contribution in [2.24, 2.45) is 0 Å². The van der Waals surface area contributed by atoms with Crippen LogP contribution in [0.25, 0.3) is 0 Å². The standard InChI is InChI=1S/C12H8ClN3O4S/c13-8-3-1-7(2-4-8)11(17)14-15-12(18)9-5-6-10(21-9)16(19)20/h1-6H,(H,14,17)(H,15,18). The summed E-state index contributed by atoms with van der Waals surface area (Å²) in [5, 5.41) is 10.9. The molecule has 2 amide bonds. The first-order valence-electron chi connectivity index (χ1n) is 5.58. The Hall–Kier alpha value is -2.45. The van der Waals surface area contributed by atoms with Crippen molar-refractivity contribution in [3.8, 4) is 0 Å². The Morgan fingerprint density at radius 3 is 2.24 bits per heavy atom. The van der Waals surface area contributed by atoms with Gasteiger partial charge in [0.2, 0.25) is 0 Å². The number of benzene rings is 1. The van der Waals surface area contributed by atoms with Crippen LogP contribution < -0.4 is 10.9 Å². The van der Waals surface area contributed by atoms with Crippen LogP contribution in [-0.4, -0.2) is 16.7 Å². The highest BCUT2D eigenvalue weighted by molar-refractivity contribution is 7.17. The Bertz CT molecular complexity index is 699. The van der Waals surface area contributed by atoms with Gasteiger partial charge >= 0.3 is 5.00 Å².